The van der Waals surface area contributed by atoms with E-state index < -0.39 is 12.6 Å². The maximum Gasteiger partial charge on any atom is 0.389 e. The van der Waals surface area contributed by atoms with Crippen molar-refractivity contribution in [3.8, 4) is 0 Å². The third-order valence-electron chi connectivity index (χ3n) is 5.41. The van der Waals surface area contributed by atoms with E-state index >= 15 is 0 Å². The number of benzene rings is 1. The van der Waals surface area contributed by atoms with Crippen LogP contribution >= 0.6 is 0 Å². The normalized spacial score (nSPS) is 23.3. The van der Waals surface area contributed by atoms with Gasteiger partial charge < -0.3 is 15.0 Å². The number of halogens is 3. The van der Waals surface area contributed by atoms with Crippen LogP contribution in [0.15, 0.2) is 35.3 Å². The SMILES string of the molecule is CCNC(=NCCCCC(F)(F)F)N1CC2OCCN(Cc3ccccc3)C2C1. The van der Waals surface area contributed by atoms with Crippen LogP contribution in [0.1, 0.15) is 31.7 Å². The van der Waals surface area contributed by atoms with E-state index in [1.54, 1.807) is 0 Å². The van der Waals surface area contributed by atoms with Crippen molar-refractivity contribution in [2.45, 2.75) is 51.1 Å². The molecule has 2 saturated heterocycles. The quantitative estimate of drug-likeness (QED) is 0.424. The molecule has 2 aliphatic heterocycles. The molecule has 2 unspecified atom stereocenters. The molecule has 5 nitrogen and oxygen atoms in total. The average molecular weight is 413 g/mol. The van der Waals surface area contributed by atoms with Gasteiger partial charge >= 0.3 is 6.18 Å². The van der Waals surface area contributed by atoms with Crippen molar-refractivity contribution < 1.29 is 17.9 Å². The molecule has 0 spiro atoms. The number of hydrogen-bond donors (Lipinski definition) is 1. The number of likely N-dealkylation sites (tertiary alicyclic amines) is 1. The van der Waals surface area contributed by atoms with Crippen molar-refractivity contribution in [3.05, 3.63) is 35.9 Å². The van der Waals surface area contributed by atoms with Gasteiger partial charge in [-0.25, -0.2) is 0 Å². The van der Waals surface area contributed by atoms with Gasteiger partial charge in [0.15, 0.2) is 5.96 Å². The summed E-state index contributed by atoms with van der Waals surface area (Å²) in [6.45, 7) is 7.20. The summed E-state index contributed by atoms with van der Waals surface area (Å²) in [6, 6.07) is 10.7. The van der Waals surface area contributed by atoms with E-state index in [4.69, 9.17) is 4.74 Å². The Morgan fingerprint density at radius 1 is 1.21 bits per heavy atom. The second-order valence-corrected chi connectivity index (χ2v) is 7.65. The lowest BCUT2D eigenvalue weighted by atomic mass is 10.1. The molecule has 0 aromatic heterocycles. The summed E-state index contributed by atoms with van der Waals surface area (Å²) < 4.78 is 42.9. The van der Waals surface area contributed by atoms with Gasteiger partial charge in [-0.3, -0.25) is 9.89 Å². The van der Waals surface area contributed by atoms with Gasteiger partial charge in [0, 0.05) is 45.7 Å². The largest absolute Gasteiger partial charge is 0.389 e. The van der Waals surface area contributed by atoms with Gasteiger partial charge in [0.05, 0.1) is 18.8 Å². The van der Waals surface area contributed by atoms with Crippen LogP contribution in [0, 0.1) is 0 Å². The summed E-state index contributed by atoms with van der Waals surface area (Å²) in [5.74, 6) is 0.775. The van der Waals surface area contributed by atoms with Crippen molar-refractivity contribution in [2.75, 3.05) is 39.3 Å². The minimum atomic E-state index is -4.08. The molecule has 0 bridgehead atoms. The number of guanidine groups is 1. The second kappa shape index (κ2) is 10.3. The Kier molecular flexibility index (Phi) is 7.77. The topological polar surface area (TPSA) is 40.1 Å². The van der Waals surface area contributed by atoms with Crippen LogP contribution in [0.5, 0.6) is 0 Å². The van der Waals surface area contributed by atoms with Crippen molar-refractivity contribution in [1.29, 1.82) is 0 Å². The molecule has 1 aromatic carbocycles. The highest BCUT2D eigenvalue weighted by atomic mass is 19.4. The molecule has 162 valence electrons. The van der Waals surface area contributed by atoms with Gasteiger partial charge in [-0.1, -0.05) is 30.3 Å². The molecule has 2 heterocycles. The number of aliphatic imine (C=N–C) groups is 1. The molecule has 29 heavy (non-hydrogen) atoms. The third-order valence-corrected chi connectivity index (χ3v) is 5.41. The Labute approximate surface area is 170 Å². The predicted octanol–water partition coefficient (Wildman–Crippen LogP) is 3.27. The molecule has 2 fully saturated rings. The molecule has 8 heteroatoms. The van der Waals surface area contributed by atoms with E-state index in [-0.39, 0.29) is 18.6 Å². The van der Waals surface area contributed by atoms with Crippen LogP contribution in [0.4, 0.5) is 13.2 Å². The highest BCUT2D eigenvalue weighted by molar-refractivity contribution is 5.80. The number of nitrogens with one attached hydrogen (secondary N) is 1. The molecule has 0 radical (unpaired) electrons. The lowest BCUT2D eigenvalue weighted by Gasteiger charge is -2.36. The third kappa shape index (κ3) is 6.60. The highest BCUT2D eigenvalue weighted by Crippen LogP contribution is 2.25. The zero-order chi connectivity index (χ0) is 20.7. The Morgan fingerprint density at radius 2 is 2.00 bits per heavy atom. The average Bonchev–Trinajstić information content (AvgIpc) is 3.12. The first-order chi connectivity index (χ1) is 14.0. The van der Waals surface area contributed by atoms with Crippen LogP contribution < -0.4 is 5.32 Å². The Morgan fingerprint density at radius 3 is 2.72 bits per heavy atom. The zero-order valence-electron chi connectivity index (χ0n) is 17.0. The summed E-state index contributed by atoms with van der Waals surface area (Å²) in [5.41, 5.74) is 1.29. The smallest absolute Gasteiger partial charge is 0.373 e. The molecular formula is C21H31F3N4O. The van der Waals surface area contributed by atoms with E-state index in [1.165, 1.54) is 5.56 Å². The van der Waals surface area contributed by atoms with Gasteiger partial charge in [0.25, 0.3) is 0 Å². The number of morpholine rings is 1. The summed E-state index contributed by atoms with van der Waals surface area (Å²) in [6.07, 6.45) is -4.15. The maximum absolute atomic E-state index is 12.3. The number of ether oxygens (including phenoxy) is 1. The first-order valence-corrected chi connectivity index (χ1v) is 10.5. The number of hydrogen-bond acceptors (Lipinski definition) is 3. The van der Waals surface area contributed by atoms with Crippen molar-refractivity contribution >= 4 is 5.96 Å². The minimum Gasteiger partial charge on any atom is -0.373 e. The first-order valence-electron chi connectivity index (χ1n) is 10.5. The van der Waals surface area contributed by atoms with E-state index in [2.05, 4.69) is 44.4 Å². The maximum atomic E-state index is 12.3. The monoisotopic (exact) mass is 412 g/mol. The lowest BCUT2D eigenvalue weighted by Crippen LogP contribution is -2.50. The van der Waals surface area contributed by atoms with Crippen LogP contribution in [0.2, 0.25) is 0 Å². The van der Waals surface area contributed by atoms with Crippen molar-refractivity contribution in [1.82, 2.24) is 15.1 Å². The molecule has 3 rings (SSSR count). The summed E-state index contributed by atoms with van der Waals surface area (Å²) in [5, 5.41) is 3.29. The van der Waals surface area contributed by atoms with E-state index in [0.717, 1.165) is 38.7 Å². The fourth-order valence-electron chi connectivity index (χ4n) is 3.99. The summed E-state index contributed by atoms with van der Waals surface area (Å²) in [4.78, 5) is 9.23. The summed E-state index contributed by atoms with van der Waals surface area (Å²) >= 11 is 0. The van der Waals surface area contributed by atoms with E-state index in [0.29, 0.717) is 19.6 Å². The van der Waals surface area contributed by atoms with Crippen molar-refractivity contribution in [3.63, 3.8) is 0 Å². The van der Waals surface area contributed by atoms with Gasteiger partial charge in [-0.05, 0) is 25.3 Å². The predicted molar refractivity (Wildman–Crippen MR) is 108 cm³/mol. The molecule has 0 aliphatic carbocycles. The number of alkyl halides is 3. The zero-order valence-corrected chi connectivity index (χ0v) is 17.0. The van der Waals surface area contributed by atoms with E-state index in [9.17, 15) is 13.2 Å². The highest BCUT2D eigenvalue weighted by Gasteiger charge is 2.41. The van der Waals surface area contributed by atoms with E-state index in [1.807, 2.05) is 13.0 Å². The van der Waals surface area contributed by atoms with Crippen molar-refractivity contribution in [2.24, 2.45) is 4.99 Å². The Bertz CT molecular complexity index is 653. The van der Waals surface area contributed by atoms with Gasteiger partial charge in [0.2, 0.25) is 0 Å². The lowest BCUT2D eigenvalue weighted by molar-refractivity contribution is -0.135. The molecule has 1 aromatic rings. The van der Waals surface area contributed by atoms with Gasteiger partial charge in [-0.15, -0.1) is 0 Å². The number of unbranched alkanes of at least 4 members (excludes halogenated alkanes) is 1. The van der Waals surface area contributed by atoms with Gasteiger partial charge in [0.1, 0.15) is 0 Å². The standard InChI is InChI=1S/C21H31F3N4O/c1-2-25-20(26-11-7-6-10-21(22,23)24)28-15-18-19(16-28)29-13-12-27(18)14-17-8-4-3-5-9-17/h3-5,8-9,18-19H,2,6-7,10-16H2,1H3,(H,25,26). The van der Waals surface area contributed by atoms with Crippen LogP contribution in [-0.4, -0.2) is 73.4 Å². The van der Waals surface area contributed by atoms with Crippen LogP contribution in [0.25, 0.3) is 0 Å². The van der Waals surface area contributed by atoms with Crippen LogP contribution in [-0.2, 0) is 11.3 Å². The fourth-order valence-corrected chi connectivity index (χ4v) is 3.99. The molecule has 0 amide bonds. The first kappa shape index (κ1) is 21.9. The van der Waals surface area contributed by atoms with Gasteiger partial charge in [-0.2, -0.15) is 13.2 Å². The molecule has 2 atom stereocenters. The second-order valence-electron chi connectivity index (χ2n) is 7.65. The Hall–Kier alpha value is -1.80. The Balaban J connectivity index is 1.57. The van der Waals surface area contributed by atoms with Crippen LogP contribution in [0.3, 0.4) is 0 Å². The molecule has 2 aliphatic rings. The minimum absolute atomic E-state index is 0.117. The number of rotatable bonds is 7. The number of nitrogens with zero attached hydrogens (tertiary/aromatic N) is 3. The number of fused-ring (bicyclic) bond motifs is 1. The fraction of sp³-hybridized carbons (Fsp3) is 0.667. The molecule has 0 saturated carbocycles. The molecule has 1 N–H and O–H groups in total. The molecular weight excluding hydrogens is 381 g/mol. The summed E-state index contributed by atoms with van der Waals surface area (Å²) in [7, 11) is 0.